The van der Waals surface area contributed by atoms with E-state index in [-0.39, 0.29) is 12.3 Å². The molecule has 0 aliphatic rings. The quantitative estimate of drug-likeness (QED) is 0.665. The van der Waals surface area contributed by atoms with Gasteiger partial charge in [0.25, 0.3) is 0 Å². The van der Waals surface area contributed by atoms with Crippen LogP contribution in [0.2, 0.25) is 32.7 Å². The molecule has 0 aliphatic carbocycles. The molecule has 0 aliphatic heterocycles. The van der Waals surface area contributed by atoms with Gasteiger partial charge < -0.3 is 19.1 Å². The summed E-state index contributed by atoms with van der Waals surface area (Å²) in [6.45, 7) is 12.8. The van der Waals surface area contributed by atoms with E-state index in [0.29, 0.717) is 6.61 Å². The Morgan fingerprint density at radius 2 is 1.65 bits per heavy atom. The van der Waals surface area contributed by atoms with Gasteiger partial charge in [0, 0.05) is 6.61 Å². The normalized spacial score (nSPS) is 16.9. The molecule has 0 bridgehead atoms. The number of hydrogen-bond acceptors (Lipinski definition) is 4. The van der Waals surface area contributed by atoms with Crippen molar-refractivity contribution in [1.82, 2.24) is 0 Å². The lowest BCUT2D eigenvalue weighted by atomic mass is 10.4. The SMILES string of the molecule is CCCOC(C(O)CO)[Si](C)(C)O[Si](C)(C)C. The van der Waals surface area contributed by atoms with Crippen LogP contribution in [0, 0.1) is 0 Å². The fraction of sp³-hybridized carbons (Fsp3) is 1.00. The lowest BCUT2D eigenvalue weighted by molar-refractivity contribution is -0.0276. The third-order valence-corrected chi connectivity index (χ3v) is 8.77. The summed E-state index contributed by atoms with van der Waals surface area (Å²) in [5.41, 5.74) is -0.362. The lowest BCUT2D eigenvalue weighted by Gasteiger charge is -2.39. The Bertz CT molecular complexity index is 216. The smallest absolute Gasteiger partial charge is 0.206 e. The Labute approximate surface area is 107 Å². The third-order valence-electron chi connectivity index (χ3n) is 2.29. The van der Waals surface area contributed by atoms with Crippen molar-refractivity contribution in [3.63, 3.8) is 0 Å². The zero-order valence-corrected chi connectivity index (χ0v) is 14.0. The largest absolute Gasteiger partial charge is 0.454 e. The molecule has 0 rings (SSSR count). The number of aliphatic hydroxyl groups excluding tert-OH is 2. The molecule has 0 saturated heterocycles. The van der Waals surface area contributed by atoms with Crippen LogP contribution in [0.5, 0.6) is 0 Å². The van der Waals surface area contributed by atoms with Crippen molar-refractivity contribution in [1.29, 1.82) is 0 Å². The lowest BCUT2D eigenvalue weighted by Crippen LogP contribution is -2.57. The second kappa shape index (κ2) is 7.01. The minimum Gasteiger partial charge on any atom is -0.454 e. The Hall–Kier alpha value is 0.274. The monoisotopic (exact) mass is 280 g/mol. The zero-order valence-electron chi connectivity index (χ0n) is 12.0. The van der Waals surface area contributed by atoms with Gasteiger partial charge in [0.2, 0.25) is 8.32 Å². The van der Waals surface area contributed by atoms with Crippen LogP contribution in [0.3, 0.4) is 0 Å². The number of ether oxygens (including phenoxy) is 1. The molecule has 2 N–H and O–H groups in total. The second-order valence-corrected chi connectivity index (χ2v) is 14.7. The van der Waals surface area contributed by atoms with Crippen LogP contribution in [0.25, 0.3) is 0 Å². The first-order valence-corrected chi connectivity index (χ1v) is 12.6. The average molecular weight is 281 g/mol. The van der Waals surface area contributed by atoms with Gasteiger partial charge >= 0.3 is 0 Å². The molecular formula is C11H28O4Si2. The number of hydrogen-bond donors (Lipinski definition) is 2. The molecule has 0 heterocycles. The number of rotatable bonds is 8. The molecular weight excluding hydrogens is 252 g/mol. The van der Waals surface area contributed by atoms with Gasteiger partial charge in [-0.15, -0.1) is 0 Å². The molecule has 17 heavy (non-hydrogen) atoms. The average Bonchev–Trinajstić information content (AvgIpc) is 2.13. The van der Waals surface area contributed by atoms with Crippen molar-refractivity contribution in [3.05, 3.63) is 0 Å². The van der Waals surface area contributed by atoms with Crippen LogP contribution in [-0.4, -0.2) is 51.9 Å². The second-order valence-electron chi connectivity index (χ2n) is 5.86. The Balaban J connectivity index is 4.75. The van der Waals surface area contributed by atoms with Crippen molar-refractivity contribution < 1.29 is 19.1 Å². The Morgan fingerprint density at radius 3 is 2.00 bits per heavy atom. The summed E-state index contributed by atoms with van der Waals surface area (Å²) in [6, 6.07) is 0. The zero-order chi connectivity index (χ0) is 13.7. The van der Waals surface area contributed by atoms with Crippen LogP contribution in [0.1, 0.15) is 13.3 Å². The molecule has 0 aromatic heterocycles. The minimum absolute atomic E-state index is 0.278. The topological polar surface area (TPSA) is 58.9 Å². The third kappa shape index (κ3) is 6.68. The summed E-state index contributed by atoms with van der Waals surface area (Å²) in [6.07, 6.45) is 0.0473. The Morgan fingerprint density at radius 1 is 1.12 bits per heavy atom. The highest BCUT2D eigenvalue weighted by molar-refractivity contribution is 6.85. The standard InChI is InChI=1S/C11H28O4Si2/c1-7-8-14-11(10(13)9-12)17(5,6)15-16(2,3)4/h10-13H,7-9H2,1-6H3. The molecule has 0 fully saturated rings. The van der Waals surface area contributed by atoms with E-state index in [2.05, 4.69) is 19.6 Å². The molecule has 104 valence electrons. The highest BCUT2D eigenvalue weighted by atomic mass is 28.4. The fourth-order valence-electron chi connectivity index (χ4n) is 1.96. The van der Waals surface area contributed by atoms with Crippen molar-refractivity contribution in [2.75, 3.05) is 13.2 Å². The van der Waals surface area contributed by atoms with Crippen LogP contribution >= 0.6 is 0 Å². The molecule has 0 amide bonds. The van der Waals surface area contributed by atoms with Crippen molar-refractivity contribution >= 4 is 16.6 Å². The van der Waals surface area contributed by atoms with E-state index in [1.165, 1.54) is 0 Å². The van der Waals surface area contributed by atoms with E-state index >= 15 is 0 Å². The molecule has 4 nitrogen and oxygen atoms in total. The summed E-state index contributed by atoms with van der Waals surface area (Å²) in [5.74, 6) is 0. The van der Waals surface area contributed by atoms with Crippen LogP contribution < -0.4 is 0 Å². The van der Waals surface area contributed by atoms with Gasteiger partial charge in [0.15, 0.2) is 8.32 Å². The first kappa shape index (κ1) is 17.3. The number of aliphatic hydroxyl groups is 2. The van der Waals surface area contributed by atoms with E-state index in [0.717, 1.165) is 6.42 Å². The van der Waals surface area contributed by atoms with Crippen molar-refractivity contribution in [2.24, 2.45) is 0 Å². The van der Waals surface area contributed by atoms with Gasteiger partial charge in [-0.3, -0.25) is 0 Å². The molecule has 0 aromatic carbocycles. The summed E-state index contributed by atoms with van der Waals surface area (Å²) in [4.78, 5) is 0. The summed E-state index contributed by atoms with van der Waals surface area (Å²) in [5, 5.41) is 19.0. The maximum absolute atomic E-state index is 9.87. The van der Waals surface area contributed by atoms with Gasteiger partial charge in [-0.1, -0.05) is 6.92 Å². The molecule has 2 unspecified atom stereocenters. The van der Waals surface area contributed by atoms with Gasteiger partial charge in [-0.2, -0.15) is 0 Å². The molecule has 0 spiro atoms. The van der Waals surface area contributed by atoms with Crippen LogP contribution in [0.4, 0.5) is 0 Å². The Kier molecular flexibility index (Phi) is 7.12. The van der Waals surface area contributed by atoms with E-state index in [9.17, 15) is 5.11 Å². The molecule has 2 atom stereocenters. The fourth-order valence-corrected chi connectivity index (χ4v) is 10.3. The summed E-state index contributed by atoms with van der Waals surface area (Å²) >= 11 is 0. The van der Waals surface area contributed by atoms with E-state index in [4.69, 9.17) is 14.0 Å². The van der Waals surface area contributed by atoms with Crippen LogP contribution in [0.15, 0.2) is 0 Å². The summed E-state index contributed by atoms with van der Waals surface area (Å²) in [7, 11) is -3.82. The minimum atomic E-state index is -2.16. The maximum Gasteiger partial charge on any atom is 0.206 e. The van der Waals surface area contributed by atoms with Gasteiger partial charge in [-0.25, -0.2) is 0 Å². The van der Waals surface area contributed by atoms with Gasteiger partial charge in [0.1, 0.15) is 11.8 Å². The molecule has 6 heteroatoms. The van der Waals surface area contributed by atoms with Crippen LogP contribution in [-0.2, 0) is 8.85 Å². The molecule has 0 aromatic rings. The van der Waals surface area contributed by atoms with Gasteiger partial charge in [-0.05, 0) is 39.2 Å². The molecule has 0 radical (unpaired) electrons. The first-order valence-electron chi connectivity index (χ1n) is 6.24. The highest BCUT2D eigenvalue weighted by Gasteiger charge is 2.42. The predicted octanol–water partition coefficient (Wildman–Crippen LogP) is 1.73. The maximum atomic E-state index is 9.87. The highest BCUT2D eigenvalue weighted by Crippen LogP contribution is 2.22. The summed E-state index contributed by atoms with van der Waals surface area (Å²) < 4.78 is 11.9. The van der Waals surface area contributed by atoms with Gasteiger partial charge in [0.05, 0.1) is 6.61 Å². The predicted molar refractivity (Wildman–Crippen MR) is 75.0 cm³/mol. The molecule has 0 saturated carbocycles. The van der Waals surface area contributed by atoms with Crippen molar-refractivity contribution in [2.45, 2.75) is 57.9 Å². The van der Waals surface area contributed by atoms with E-state index in [1.807, 2.05) is 20.0 Å². The van der Waals surface area contributed by atoms with E-state index in [1.54, 1.807) is 0 Å². The van der Waals surface area contributed by atoms with E-state index < -0.39 is 22.7 Å². The first-order chi connectivity index (χ1) is 7.64. The van der Waals surface area contributed by atoms with Crippen molar-refractivity contribution in [3.8, 4) is 0 Å².